The summed E-state index contributed by atoms with van der Waals surface area (Å²) in [6.07, 6.45) is -1.17. The van der Waals surface area contributed by atoms with E-state index in [1.165, 1.54) is 30.3 Å². The summed E-state index contributed by atoms with van der Waals surface area (Å²) >= 11 is 0. The molecule has 230 valence electrons. The van der Waals surface area contributed by atoms with Crippen LogP contribution in [0.25, 0.3) is 5.69 Å². The third-order valence-electron chi connectivity index (χ3n) is 8.75. The average molecular weight is 628 g/mol. The van der Waals surface area contributed by atoms with E-state index in [1.54, 1.807) is 35.1 Å². The Bertz CT molecular complexity index is 1830. The van der Waals surface area contributed by atoms with Crippen LogP contribution in [0.3, 0.4) is 0 Å². The Morgan fingerprint density at radius 2 is 1.68 bits per heavy atom. The van der Waals surface area contributed by atoms with Gasteiger partial charge in [0.2, 0.25) is 10.0 Å². The first-order valence-corrected chi connectivity index (χ1v) is 15.8. The molecule has 0 amide bonds. The number of rotatable bonds is 8. The smallest absolute Gasteiger partial charge is 0.237 e. The summed E-state index contributed by atoms with van der Waals surface area (Å²) in [6.45, 7) is 1.81. The number of alkyl halides is 3. The van der Waals surface area contributed by atoms with Crippen LogP contribution < -0.4 is 0 Å². The van der Waals surface area contributed by atoms with Crippen LogP contribution >= 0.6 is 0 Å². The highest BCUT2D eigenvalue weighted by molar-refractivity contribution is 7.89. The van der Waals surface area contributed by atoms with Crippen molar-refractivity contribution in [3.8, 4) is 5.69 Å². The zero-order valence-corrected chi connectivity index (χ0v) is 24.7. The van der Waals surface area contributed by atoms with Gasteiger partial charge in [-0.2, -0.15) is 22.6 Å². The summed E-state index contributed by atoms with van der Waals surface area (Å²) in [5.41, 5.74) is 3.97. The summed E-state index contributed by atoms with van der Waals surface area (Å²) in [5.74, 6) is -1.19. The molecule has 0 radical (unpaired) electrons. The number of hydrogen-bond donors (Lipinski definition) is 0. The van der Waals surface area contributed by atoms with E-state index < -0.39 is 32.5 Å². The third kappa shape index (κ3) is 5.59. The Morgan fingerprint density at radius 3 is 2.41 bits per heavy atom. The monoisotopic (exact) mass is 627 g/mol. The summed E-state index contributed by atoms with van der Waals surface area (Å²) in [6, 6.07) is 16.2. The summed E-state index contributed by atoms with van der Waals surface area (Å²) in [5, 5.41) is 4.56. The molecule has 1 aromatic heterocycles. The Hall–Kier alpha value is -3.83. The highest BCUT2D eigenvalue weighted by atomic mass is 32.2. The SMILES string of the molecule is C[C@@H]1C2=C(CC[C@@H]2CN(CCc2ccccc2F)S(=O)(=O)c2ccccc2C(F)(F)F)Cc2c1cnn2-c1ccc(F)cc1. The Kier molecular flexibility index (Phi) is 7.96. The van der Waals surface area contributed by atoms with Crippen molar-refractivity contribution in [1.29, 1.82) is 0 Å². The first-order chi connectivity index (χ1) is 20.9. The number of allylic oxidation sites excluding steroid dienone is 1. The van der Waals surface area contributed by atoms with Crippen molar-refractivity contribution in [2.45, 2.75) is 49.6 Å². The van der Waals surface area contributed by atoms with Crippen LogP contribution in [0.2, 0.25) is 0 Å². The quantitative estimate of drug-likeness (QED) is 0.151. The number of hydrogen-bond acceptors (Lipinski definition) is 3. The Labute approximate surface area is 252 Å². The van der Waals surface area contributed by atoms with Crippen molar-refractivity contribution in [2.24, 2.45) is 5.92 Å². The van der Waals surface area contributed by atoms with Gasteiger partial charge >= 0.3 is 6.18 Å². The van der Waals surface area contributed by atoms with Gasteiger partial charge in [-0.05, 0) is 73.2 Å². The normalized spacial score (nSPS) is 18.5. The molecule has 0 saturated heterocycles. The summed E-state index contributed by atoms with van der Waals surface area (Å²) in [7, 11) is -4.62. The zero-order chi connectivity index (χ0) is 31.2. The van der Waals surface area contributed by atoms with Crippen molar-refractivity contribution >= 4 is 10.0 Å². The minimum Gasteiger partial charge on any atom is -0.237 e. The van der Waals surface area contributed by atoms with E-state index in [2.05, 4.69) is 5.10 Å². The molecule has 44 heavy (non-hydrogen) atoms. The predicted molar refractivity (Wildman–Crippen MR) is 156 cm³/mol. The average Bonchev–Trinajstić information content (AvgIpc) is 3.61. The molecular weight excluding hydrogens is 597 g/mol. The fourth-order valence-electron chi connectivity index (χ4n) is 6.64. The molecule has 0 aliphatic heterocycles. The number of halogens is 5. The van der Waals surface area contributed by atoms with E-state index in [0.717, 1.165) is 50.6 Å². The van der Waals surface area contributed by atoms with Crippen molar-refractivity contribution in [3.05, 3.63) is 124 Å². The standard InChI is InChI=1S/C33H30F5N3O2S/c1-21-27-19-39-41(26-14-12-25(34)13-15-26)30(27)18-23-10-11-24(32(21)23)20-40(17-16-22-6-2-4-8-29(22)35)44(42,43)31-9-5-3-7-28(31)33(36,37)38/h2-9,12-15,19,21,24H,10-11,16-18,20H2,1H3/t21-,24+/m0/s1. The van der Waals surface area contributed by atoms with Crippen LogP contribution in [0.5, 0.6) is 0 Å². The number of benzene rings is 3. The lowest BCUT2D eigenvalue weighted by Crippen LogP contribution is -2.38. The molecule has 0 fully saturated rings. The highest BCUT2D eigenvalue weighted by Gasteiger charge is 2.42. The molecule has 2 aliphatic carbocycles. The molecule has 0 unspecified atom stereocenters. The molecule has 3 aromatic carbocycles. The van der Waals surface area contributed by atoms with Crippen molar-refractivity contribution in [3.63, 3.8) is 0 Å². The lowest BCUT2D eigenvalue weighted by atomic mass is 9.80. The van der Waals surface area contributed by atoms with Crippen molar-refractivity contribution in [1.82, 2.24) is 14.1 Å². The minimum atomic E-state index is -4.87. The van der Waals surface area contributed by atoms with Gasteiger partial charge in [0.15, 0.2) is 0 Å². The van der Waals surface area contributed by atoms with Crippen molar-refractivity contribution < 1.29 is 30.4 Å². The third-order valence-corrected chi connectivity index (χ3v) is 10.7. The molecule has 1 heterocycles. The zero-order valence-electron chi connectivity index (χ0n) is 23.9. The van der Waals surface area contributed by atoms with Gasteiger partial charge in [0.1, 0.15) is 11.6 Å². The number of nitrogens with zero attached hydrogens (tertiary/aromatic N) is 3. The largest absolute Gasteiger partial charge is 0.417 e. The van der Waals surface area contributed by atoms with Crippen LogP contribution in [0.1, 0.15) is 48.1 Å². The molecule has 0 spiro atoms. The number of sulfonamides is 1. The first kappa shape index (κ1) is 30.2. The lowest BCUT2D eigenvalue weighted by molar-refractivity contribution is -0.139. The molecule has 4 aromatic rings. The van der Waals surface area contributed by atoms with Crippen LogP contribution in [0, 0.1) is 17.6 Å². The van der Waals surface area contributed by atoms with E-state index in [9.17, 15) is 30.4 Å². The molecule has 2 aliphatic rings. The van der Waals surface area contributed by atoms with E-state index in [1.807, 2.05) is 6.92 Å². The maximum atomic E-state index is 14.5. The van der Waals surface area contributed by atoms with Gasteiger partial charge in [0, 0.05) is 31.0 Å². The second kappa shape index (κ2) is 11.6. The van der Waals surface area contributed by atoms with Crippen LogP contribution in [0.4, 0.5) is 22.0 Å². The molecule has 0 bridgehead atoms. The second-order valence-corrected chi connectivity index (χ2v) is 13.2. The lowest BCUT2D eigenvalue weighted by Gasteiger charge is -2.31. The van der Waals surface area contributed by atoms with Gasteiger partial charge in [0.25, 0.3) is 0 Å². The van der Waals surface area contributed by atoms with Crippen LogP contribution in [-0.2, 0) is 29.0 Å². The minimum absolute atomic E-state index is 0.00283. The molecule has 5 nitrogen and oxygen atoms in total. The van der Waals surface area contributed by atoms with Gasteiger partial charge in [-0.25, -0.2) is 21.9 Å². The maximum absolute atomic E-state index is 14.5. The van der Waals surface area contributed by atoms with Gasteiger partial charge in [-0.1, -0.05) is 48.4 Å². The van der Waals surface area contributed by atoms with Crippen LogP contribution in [0.15, 0.2) is 95.0 Å². The molecule has 0 N–H and O–H groups in total. The van der Waals surface area contributed by atoms with Crippen LogP contribution in [-0.4, -0.2) is 35.6 Å². The van der Waals surface area contributed by atoms with Gasteiger partial charge in [-0.3, -0.25) is 0 Å². The predicted octanol–water partition coefficient (Wildman–Crippen LogP) is 7.47. The summed E-state index contributed by atoms with van der Waals surface area (Å²) < 4.78 is 101. The molecular formula is C33H30F5N3O2S. The Balaban J connectivity index is 1.33. The Morgan fingerprint density at radius 1 is 0.977 bits per heavy atom. The fraction of sp³-hybridized carbons (Fsp3) is 0.303. The molecule has 2 atom stereocenters. The summed E-state index contributed by atoms with van der Waals surface area (Å²) in [4.78, 5) is -0.812. The number of fused-ring (bicyclic) bond motifs is 1. The molecule has 11 heteroatoms. The van der Waals surface area contributed by atoms with E-state index in [-0.39, 0.29) is 42.7 Å². The topological polar surface area (TPSA) is 55.2 Å². The molecule has 6 rings (SSSR count). The second-order valence-electron chi connectivity index (χ2n) is 11.3. The van der Waals surface area contributed by atoms with Crippen molar-refractivity contribution in [2.75, 3.05) is 13.1 Å². The van der Waals surface area contributed by atoms with E-state index in [4.69, 9.17) is 0 Å². The van der Waals surface area contributed by atoms with Gasteiger partial charge in [-0.15, -0.1) is 0 Å². The number of aromatic nitrogens is 2. The van der Waals surface area contributed by atoms with Gasteiger partial charge in [0.05, 0.1) is 28.0 Å². The fourth-order valence-corrected chi connectivity index (χ4v) is 8.34. The molecule has 0 saturated carbocycles. The maximum Gasteiger partial charge on any atom is 0.417 e. The highest BCUT2D eigenvalue weighted by Crippen LogP contribution is 2.48. The van der Waals surface area contributed by atoms with E-state index in [0.29, 0.717) is 19.3 Å². The van der Waals surface area contributed by atoms with E-state index >= 15 is 0 Å². The van der Waals surface area contributed by atoms with Gasteiger partial charge < -0.3 is 0 Å². The first-order valence-electron chi connectivity index (χ1n) is 14.4.